The van der Waals surface area contributed by atoms with Crippen LogP contribution >= 0.6 is 0 Å². The van der Waals surface area contributed by atoms with Gasteiger partial charge < -0.3 is 20.9 Å². The summed E-state index contributed by atoms with van der Waals surface area (Å²) in [5.74, 6) is 0.0599. The molecule has 150 valence electrons. The summed E-state index contributed by atoms with van der Waals surface area (Å²) in [4.78, 5) is 18.4. The third-order valence-electron chi connectivity index (χ3n) is 5.60. The SMILES string of the molecule is CCN(C(=O)c1cc2ccccc2[nH]1)[C@@H]1C=C(NCc2ccc(N)cc2)CCC1. The molecule has 1 amide bonds. The molecule has 4 N–H and O–H groups in total. The maximum Gasteiger partial charge on any atom is 0.270 e. The molecule has 4 rings (SSSR count). The number of nitrogens with two attached hydrogens (primary N) is 1. The van der Waals surface area contributed by atoms with Crippen LogP contribution in [0.3, 0.4) is 0 Å². The number of aromatic amines is 1. The number of aromatic nitrogens is 1. The quantitative estimate of drug-likeness (QED) is 0.547. The molecule has 0 unspecified atom stereocenters. The van der Waals surface area contributed by atoms with E-state index in [4.69, 9.17) is 5.73 Å². The van der Waals surface area contributed by atoms with Gasteiger partial charge in [-0.3, -0.25) is 4.79 Å². The van der Waals surface area contributed by atoms with Gasteiger partial charge in [-0.05, 0) is 62.1 Å². The van der Waals surface area contributed by atoms with Crippen LogP contribution in [0, 0.1) is 0 Å². The molecule has 0 spiro atoms. The molecule has 1 aliphatic carbocycles. The summed E-state index contributed by atoms with van der Waals surface area (Å²) < 4.78 is 0. The number of likely N-dealkylation sites (N-methyl/N-ethyl adjacent to an activating group) is 1. The van der Waals surface area contributed by atoms with Gasteiger partial charge in [-0.15, -0.1) is 0 Å². The van der Waals surface area contributed by atoms with Gasteiger partial charge >= 0.3 is 0 Å². The summed E-state index contributed by atoms with van der Waals surface area (Å²) in [5.41, 5.74) is 10.6. The van der Waals surface area contributed by atoms with E-state index in [0.717, 1.165) is 42.4 Å². The Morgan fingerprint density at radius 2 is 2.00 bits per heavy atom. The topological polar surface area (TPSA) is 74.2 Å². The Labute approximate surface area is 171 Å². The highest BCUT2D eigenvalue weighted by molar-refractivity contribution is 5.98. The highest BCUT2D eigenvalue weighted by Crippen LogP contribution is 2.24. The van der Waals surface area contributed by atoms with Gasteiger partial charge in [0.2, 0.25) is 0 Å². The van der Waals surface area contributed by atoms with E-state index >= 15 is 0 Å². The van der Waals surface area contributed by atoms with Crippen molar-refractivity contribution in [2.45, 2.75) is 38.8 Å². The molecule has 0 radical (unpaired) electrons. The standard InChI is InChI=1S/C24H28N4O/c1-2-28(24(29)23-14-18-6-3-4-9-22(18)27-23)21-8-5-7-20(15-21)26-16-17-10-12-19(25)13-11-17/h3-4,6,9-15,21,26-27H,2,5,7-8,16,25H2,1H3/t21-/m0/s1. The molecule has 1 atom stereocenters. The normalized spacial score (nSPS) is 16.4. The molecule has 1 heterocycles. The van der Waals surface area contributed by atoms with Crippen molar-refractivity contribution in [1.29, 1.82) is 0 Å². The summed E-state index contributed by atoms with van der Waals surface area (Å²) in [7, 11) is 0. The van der Waals surface area contributed by atoms with Crippen molar-refractivity contribution in [3.05, 3.63) is 77.6 Å². The average molecular weight is 389 g/mol. The van der Waals surface area contributed by atoms with Gasteiger partial charge in [-0.1, -0.05) is 30.3 Å². The summed E-state index contributed by atoms with van der Waals surface area (Å²) in [6, 6.07) is 18.0. The van der Waals surface area contributed by atoms with Crippen LogP contribution in [0.4, 0.5) is 5.69 Å². The first-order valence-electron chi connectivity index (χ1n) is 10.3. The fourth-order valence-corrected chi connectivity index (χ4v) is 4.02. The van der Waals surface area contributed by atoms with E-state index in [1.165, 1.54) is 11.3 Å². The Kier molecular flexibility index (Phi) is 5.56. The number of carbonyl (C=O) groups excluding carboxylic acids is 1. The maximum atomic E-state index is 13.2. The molecule has 29 heavy (non-hydrogen) atoms. The highest BCUT2D eigenvalue weighted by atomic mass is 16.2. The molecule has 0 saturated carbocycles. The van der Waals surface area contributed by atoms with Crippen molar-refractivity contribution in [3.63, 3.8) is 0 Å². The lowest BCUT2D eigenvalue weighted by Gasteiger charge is -2.32. The van der Waals surface area contributed by atoms with Crippen molar-refractivity contribution in [3.8, 4) is 0 Å². The van der Waals surface area contributed by atoms with E-state index in [1.807, 2.05) is 66.4 Å². The molecule has 5 nitrogen and oxygen atoms in total. The summed E-state index contributed by atoms with van der Waals surface area (Å²) in [6.07, 6.45) is 5.31. The van der Waals surface area contributed by atoms with E-state index < -0.39 is 0 Å². The van der Waals surface area contributed by atoms with Gasteiger partial charge in [0, 0.05) is 35.4 Å². The van der Waals surface area contributed by atoms with Crippen molar-refractivity contribution < 1.29 is 4.79 Å². The molecule has 3 aromatic rings. The first-order chi connectivity index (χ1) is 14.1. The lowest BCUT2D eigenvalue weighted by atomic mass is 9.98. The monoisotopic (exact) mass is 388 g/mol. The summed E-state index contributed by atoms with van der Waals surface area (Å²) >= 11 is 0. The molecule has 1 aliphatic rings. The number of nitrogens with zero attached hydrogens (tertiary/aromatic N) is 1. The zero-order chi connectivity index (χ0) is 20.2. The van der Waals surface area contributed by atoms with Gasteiger partial charge in [0.15, 0.2) is 0 Å². The number of hydrogen-bond donors (Lipinski definition) is 3. The number of carbonyl (C=O) groups is 1. The molecule has 5 heteroatoms. The van der Waals surface area contributed by atoms with Crippen LogP contribution in [-0.2, 0) is 6.54 Å². The Morgan fingerprint density at radius 3 is 2.76 bits per heavy atom. The van der Waals surface area contributed by atoms with Crippen LogP contribution in [-0.4, -0.2) is 28.4 Å². The van der Waals surface area contributed by atoms with Crippen LogP contribution in [0.25, 0.3) is 10.9 Å². The minimum atomic E-state index is 0.0599. The number of para-hydroxylation sites is 1. The third-order valence-corrected chi connectivity index (χ3v) is 5.60. The Balaban J connectivity index is 1.47. The van der Waals surface area contributed by atoms with Gasteiger partial charge in [-0.2, -0.15) is 0 Å². The van der Waals surface area contributed by atoms with Gasteiger partial charge in [-0.25, -0.2) is 0 Å². The number of benzene rings is 2. The highest BCUT2D eigenvalue weighted by Gasteiger charge is 2.25. The number of H-pyrrole nitrogens is 1. The first kappa shape index (κ1) is 19.1. The number of allylic oxidation sites excluding steroid dienone is 1. The van der Waals surface area contributed by atoms with E-state index in [9.17, 15) is 4.79 Å². The van der Waals surface area contributed by atoms with Gasteiger partial charge in [0.05, 0.1) is 6.04 Å². The van der Waals surface area contributed by atoms with Crippen LogP contribution in [0.2, 0.25) is 0 Å². The molecule has 0 aliphatic heterocycles. The van der Waals surface area contributed by atoms with E-state index in [-0.39, 0.29) is 11.9 Å². The fraction of sp³-hybridized carbons (Fsp3) is 0.292. The predicted octanol–water partition coefficient (Wildman–Crippen LogP) is 4.44. The largest absolute Gasteiger partial charge is 0.399 e. The summed E-state index contributed by atoms with van der Waals surface area (Å²) in [6.45, 7) is 3.49. The minimum absolute atomic E-state index is 0.0599. The molecule has 0 bridgehead atoms. The van der Waals surface area contributed by atoms with Crippen molar-refractivity contribution >= 4 is 22.5 Å². The zero-order valence-electron chi connectivity index (χ0n) is 16.8. The number of nitrogen functional groups attached to an aromatic ring is 1. The number of rotatable bonds is 6. The average Bonchev–Trinajstić information content (AvgIpc) is 3.18. The number of anilines is 1. The second-order valence-electron chi connectivity index (χ2n) is 7.61. The molecule has 0 fully saturated rings. The van der Waals surface area contributed by atoms with Gasteiger partial charge in [0.25, 0.3) is 5.91 Å². The van der Waals surface area contributed by atoms with Crippen molar-refractivity contribution in [2.75, 3.05) is 12.3 Å². The van der Waals surface area contributed by atoms with E-state index in [1.54, 1.807) is 0 Å². The molecular formula is C24H28N4O. The van der Waals surface area contributed by atoms with Crippen molar-refractivity contribution in [1.82, 2.24) is 15.2 Å². The second kappa shape index (κ2) is 8.43. The van der Waals surface area contributed by atoms with Crippen LogP contribution in [0.15, 0.2) is 66.4 Å². The molecular weight excluding hydrogens is 360 g/mol. The zero-order valence-corrected chi connectivity index (χ0v) is 16.8. The second-order valence-corrected chi connectivity index (χ2v) is 7.61. The van der Waals surface area contributed by atoms with Crippen molar-refractivity contribution in [2.24, 2.45) is 0 Å². The lowest BCUT2D eigenvalue weighted by Crippen LogP contribution is -2.41. The van der Waals surface area contributed by atoms with Crippen LogP contribution in [0.5, 0.6) is 0 Å². The number of fused-ring (bicyclic) bond motifs is 1. The Morgan fingerprint density at radius 1 is 1.21 bits per heavy atom. The first-order valence-corrected chi connectivity index (χ1v) is 10.3. The summed E-state index contributed by atoms with van der Waals surface area (Å²) in [5, 5.41) is 4.61. The maximum absolute atomic E-state index is 13.2. The van der Waals surface area contributed by atoms with Crippen LogP contribution < -0.4 is 11.1 Å². The van der Waals surface area contributed by atoms with E-state index in [2.05, 4.69) is 16.4 Å². The smallest absolute Gasteiger partial charge is 0.270 e. The Hall–Kier alpha value is -3.21. The lowest BCUT2D eigenvalue weighted by molar-refractivity contribution is 0.0706. The number of amides is 1. The van der Waals surface area contributed by atoms with Crippen LogP contribution in [0.1, 0.15) is 42.2 Å². The van der Waals surface area contributed by atoms with E-state index in [0.29, 0.717) is 12.2 Å². The Bertz CT molecular complexity index is 986. The van der Waals surface area contributed by atoms with Gasteiger partial charge in [0.1, 0.15) is 5.69 Å². The fourth-order valence-electron chi connectivity index (χ4n) is 4.02. The molecule has 0 saturated heterocycles. The minimum Gasteiger partial charge on any atom is -0.399 e. The predicted molar refractivity (Wildman–Crippen MR) is 118 cm³/mol. The molecule has 2 aromatic carbocycles. The molecule has 1 aromatic heterocycles. The third kappa shape index (κ3) is 4.29. The number of hydrogen-bond acceptors (Lipinski definition) is 3. The number of nitrogens with one attached hydrogen (secondary N) is 2.